The summed E-state index contributed by atoms with van der Waals surface area (Å²) >= 11 is 0. The first kappa shape index (κ1) is 29.7. The van der Waals surface area contributed by atoms with Crippen LogP contribution in [0.3, 0.4) is 0 Å². The number of nitriles is 1. The third-order valence-corrected chi connectivity index (χ3v) is 9.94. The standard InChI is InChI=1S/C37H35N11/c38-23-32-41-25-42-36(45-32)47-21-16-37(17-22-47)14-19-46(20-15-37)24-26-8-10-28(11-9-26)48-34(29-7-4-18-40-33(29)39)44-31-13-12-30(43-35(31)48)27-5-2-1-3-6-27/h1-13,18,25H,14-17,19-22,24H2,(H2,39,40). The Balaban J connectivity index is 0.991. The highest BCUT2D eigenvalue weighted by atomic mass is 15.3. The Morgan fingerprint density at radius 2 is 1.54 bits per heavy atom. The van der Waals surface area contributed by atoms with E-state index in [2.05, 4.69) is 70.7 Å². The van der Waals surface area contributed by atoms with Crippen LogP contribution in [0.15, 0.2) is 91.4 Å². The number of likely N-dealkylation sites (tertiary alicyclic amines) is 1. The first-order valence-electron chi connectivity index (χ1n) is 16.4. The summed E-state index contributed by atoms with van der Waals surface area (Å²) in [7, 11) is 0. The smallest absolute Gasteiger partial charge is 0.236 e. The van der Waals surface area contributed by atoms with Gasteiger partial charge in [-0.05, 0) is 86.1 Å². The van der Waals surface area contributed by atoms with E-state index in [9.17, 15) is 0 Å². The minimum Gasteiger partial charge on any atom is -0.383 e. The molecule has 0 saturated carbocycles. The minimum absolute atomic E-state index is 0.174. The summed E-state index contributed by atoms with van der Waals surface area (Å²) in [4.78, 5) is 31.7. The first-order chi connectivity index (χ1) is 23.6. The number of aromatic nitrogens is 7. The van der Waals surface area contributed by atoms with Gasteiger partial charge in [-0.1, -0.05) is 42.5 Å². The van der Waals surface area contributed by atoms with Crippen molar-refractivity contribution in [1.29, 1.82) is 5.26 Å². The number of rotatable bonds is 6. The minimum atomic E-state index is 0.174. The highest BCUT2D eigenvalue weighted by Gasteiger charge is 2.38. The van der Waals surface area contributed by atoms with Gasteiger partial charge in [0.05, 0.1) is 11.3 Å². The Morgan fingerprint density at radius 1 is 0.771 bits per heavy atom. The summed E-state index contributed by atoms with van der Waals surface area (Å²) in [5.74, 6) is 1.94. The van der Waals surface area contributed by atoms with Crippen LogP contribution in [0.5, 0.6) is 0 Å². The van der Waals surface area contributed by atoms with E-state index in [1.54, 1.807) is 6.20 Å². The molecule has 0 unspecified atom stereocenters. The van der Waals surface area contributed by atoms with E-state index in [4.69, 9.17) is 21.0 Å². The average Bonchev–Trinajstić information content (AvgIpc) is 3.52. The molecule has 2 saturated heterocycles. The van der Waals surface area contributed by atoms with Crippen LogP contribution in [0, 0.1) is 16.7 Å². The van der Waals surface area contributed by atoms with Crippen LogP contribution in [0.25, 0.3) is 39.5 Å². The number of anilines is 2. The summed E-state index contributed by atoms with van der Waals surface area (Å²) in [6.07, 6.45) is 7.74. The van der Waals surface area contributed by atoms with Gasteiger partial charge in [0.2, 0.25) is 11.8 Å². The zero-order chi connectivity index (χ0) is 32.5. The SMILES string of the molecule is N#Cc1ncnc(N2CCC3(CCN(Cc4ccc(-n5c(-c6cccnc6N)nc6ccc(-c7ccccc7)nc65)cc4)CC3)CC2)n1. The maximum atomic E-state index is 9.15. The molecule has 48 heavy (non-hydrogen) atoms. The Kier molecular flexibility index (Phi) is 7.70. The van der Waals surface area contributed by atoms with Crippen molar-refractivity contribution in [3.8, 4) is 34.4 Å². The lowest BCUT2D eigenvalue weighted by Crippen LogP contribution is -2.47. The van der Waals surface area contributed by atoms with E-state index in [-0.39, 0.29) is 5.82 Å². The second kappa shape index (κ2) is 12.5. The van der Waals surface area contributed by atoms with Gasteiger partial charge < -0.3 is 10.6 Å². The van der Waals surface area contributed by atoms with Crippen LogP contribution in [0.2, 0.25) is 0 Å². The number of benzene rings is 2. The van der Waals surface area contributed by atoms with Crippen molar-refractivity contribution in [2.75, 3.05) is 36.8 Å². The van der Waals surface area contributed by atoms with Gasteiger partial charge in [0.25, 0.3) is 0 Å². The summed E-state index contributed by atoms with van der Waals surface area (Å²) in [5, 5.41) is 9.15. The van der Waals surface area contributed by atoms with Gasteiger partial charge in [0, 0.05) is 37.1 Å². The molecule has 1 spiro atoms. The number of piperidine rings is 2. The third kappa shape index (κ3) is 5.71. The quantitative estimate of drug-likeness (QED) is 0.244. The molecule has 2 N–H and O–H groups in total. The number of hydrogen-bond donors (Lipinski definition) is 1. The van der Waals surface area contributed by atoms with E-state index in [0.29, 0.717) is 17.2 Å². The molecule has 2 aliphatic heterocycles. The number of nitrogens with two attached hydrogens (primary N) is 1. The normalized spacial score (nSPS) is 16.3. The van der Waals surface area contributed by atoms with Crippen molar-refractivity contribution < 1.29 is 0 Å². The van der Waals surface area contributed by atoms with Crippen LogP contribution in [0.1, 0.15) is 37.1 Å². The van der Waals surface area contributed by atoms with Gasteiger partial charge in [-0.3, -0.25) is 9.47 Å². The van der Waals surface area contributed by atoms with Crippen LogP contribution < -0.4 is 10.6 Å². The largest absolute Gasteiger partial charge is 0.383 e. The Labute approximate surface area is 278 Å². The van der Waals surface area contributed by atoms with Gasteiger partial charge in [-0.15, -0.1) is 0 Å². The van der Waals surface area contributed by atoms with Gasteiger partial charge in [-0.25, -0.2) is 24.9 Å². The topological polar surface area (TPSA) is 139 Å². The highest BCUT2D eigenvalue weighted by Crippen LogP contribution is 2.42. The third-order valence-electron chi connectivity index (χ3n) is 9.94. The molecule has 8 rings (SSSR count). The fraction of sp³-hybridized carbons (Fsp3) is 0.270. The number of fused-ring (bicyclic) bond motifs is 1. The maximum Gasteiger partial charge on any atom is 0.236 e. The molecule has 2 aliphatic rings. The zero-order valence-corrected chi connectivity index (χ0v) is 26.6. The molecule has 11 heteroatoms. The van der Waals surface area contributed by atoms with Crippen molar-refractivity contribution in [3.05, 3.63) is 103 Å². The molecule has 0 bridgehead atoms. The number of imidazole rings is 1. The molecule has 2 aromatic carbocycles. The van der Waals surface area contributed by atoms with Crippen LogP contribution in [0.4, 0.5) is 11.8 Å². The van der Waals surface area contributed by atoms with E-state index in [0.717, 1.165) is 85.1 Å². The van der Waals surface area contributed by atoms with Crippen LogP contribution >= 0.6 is 0 Å². The van der Waals surface area contributed by atoms with Crippen molar-refractivity contribution in [1.82, 2.24) is 39.4 Å². The predicted octanol–water partition coefficient (Wildman–Crippen LogP) is 5.67. The monoisotopic (exact) mass is 633 g/mol. The van der Waals surface area contributed by atoms with Crippen molar-refractivity contribution in [3.63, 3.8) is 0 Å². The lowest BCUT2D eigenvalue weighted by molar-refractivity contribution is 0.0755. The Morgan fingerprint density at radius 3 is 2.29 bits per heavy atom. The molecule has 4 aromatic heterocycles. The van der Waals surface area contributed by atoms with E-state index in [1.165, 1.54) is 24.7 Å². The molecular weight excluding hydrogens is 598 g/mol. The first-order valence-corrected chi connectivity index (χ1v) is 16.4. The van der Waals surface area contributed by atoms with E-state index in [1.807, 2.05) is 48.5 Å². The number of nitrogens with zero attached hydrogens (tertiary/aromatic N) is 10. The van der Waals surface area contributed by atoms with Gasteiger partial charge in [0.15, 0.2) is 11.5 Å². The predicted molar refractivity (Wildman–Crippen MR) is 185 cm³/mol. The molecule has 6 heterocycles. The molecule has 238 valence electrons. The second-order valence-corrected chi connectivity index (χ2v) is 12.8. The maximum absolute atomic E-state index is 9.15. The lowest BCUT2D eigenvalue weighted by atomic mass is 9.71. The number of pyridine rings is 2. The number of nitrogen functional groups attached to an aromatic ring is 1. The summed E-state index contributed by atoms with van der Waals surface area (Å²) in [5.41, 5.74) is 13.2. The van der Waals surface area contributed by atoms with Crippen molar-refractivity contribution in [2.45, 2.75) is 32.2 Å². The molecule has 6 aromatic rings. The summed E-state index contributed by atoms with van der Waals surface area (Å²) in [6, 6.07) is 28.8. The summed E-state index contributed by atoms with van der Waals surface area (Å²) in [6.45, 7) is 4.89. The Hall–Kier alpha value is -5.73. The van der Waals surface area contributed by atoms with Crippen LogP contribution in [-0.4, -0.2) is 65.5 Å². The van der Waals surface area contributed by atoms with Crippen molar-refractivity contribution >= 4 is 22.9 Å². The number of hydrogen-bond acceptors (Lipinski definition) is 10. The van der Waals surface area contributed by atoms with Gasteiger partial charge in [-0.2, -0.15) is 10.2 Å². The van der Waals surface area contributed by atoms with E-state index >= 15 is 0 Å². The summed E-state index contributed by atoms with van der Waals surface area (Å²) < 4.78 is 2.09. The van der Waals surface area contributed by atoms with Gasteiger partial charge >= 0.3 is 0 Å². The molecule has 11 nitrogen and oxygen atoms in total. The second-order valence-electron chi connectivity index (χ2n) is 12.8. The molecule has 0 radical (unpaired) electrons. The molecule has 0 amide bonds. The Bertz CT molecular complexity index is 2100. The highest BCUT2D eigenvalue weighted by molar-refractivity contribution is 5.84. The molecule has 2 fully saturated rings. The molecular formula is C37H35N11. The van der Waals surface area contributed by atoms with E-state index < -0.39 is 0 Å². The zero-order valence-electron chi connectivity index (χ0n) is 26.6. The molecule has 0 aliphatic carbocycles. The molecule has 0 atom stereocenters. The average molecular weight is 634 g/mol. The fourth-order valence-corrected chi connectivity index (χ4v) is 7.13. The van der Waals surface area contributed by atoms with Crippen molar-refractivity contribution in [2.24, 2.45) is 5.41 Å². The fourth-order valence-electron chi connectivity index (χ4n) is 7.13. The van der Waals surface area contributed by atoms with Gasteiger partial charge in [0.1, 0.15) is 23.7 Å². The van der Waals surface area contributed by atoms with Crippen LogP contribution in [-0.2, 0) is 6.54 Å². The lowest BCUT2D eigenvalue weighted by Gasteiger charge is -2.47.